The summed E-state index contributed by atoms with van der Waals surface area (Å²) >= 11 is 0. The molecule has 104 valence electrons. The summed E-state index contributed by atoms with van der Waals surface area (Å²) in [6, 6.07) is 7.15. The summed E-state index contributed by atoms with van der Waals surface area (Å²) in [6.07, 6.45) is 3.44. The molecule has 0 unspecified atom stereocenters. The number of nitrogens with one attached hydrogen (secondary N) is 2. The lowest BCUT2D eigenvalue weighted by Gasteiger charge is -2.35. The summed E-state index contributed by atoms with van der Waals surface area (Å²) in [7, 11) is 1.76. The molecular formula is C14H23N5. The van der Waals surface area contributed by atoms with Crippen molar-refractivity contribution >= 4 is 23.5 Å². The molecule has 19 heavy (non-hydrogen) atoms. The molecule has 1 fully saturated rings. The highest BCUT2D eigenvalue weighted by molar-refractivity contribution is 5.90. The quantitative estimate of drug-likeness (QED) is 0.373. The van der Waals surface area contributed by atoms with Gasteiger partial charge in [0.2, 0.25) is 0 Å². The number of anilines is 2. The first-order valence-corrected chi connectivity index (χ1v) is 6.37. The number of hydrogen-bond acceptors (Lipinski definition) is 4. The third-order valence-electron chi connectivity index (χ3n) is 3.24. The van der Waals surface area contributed by atoms with E-state index in [4.69, 9.17) is 22.3 Å². The maximum absolute atomic E-state index is 7.62. The summed E-state index contributed by atoms with van der Waals surface area (Å²) < 4.78 is 0. The molecule has 5 heteroatoms. The molecule has 1 aliphatic rings. The molecule has 0 radical (unpaired) electrons. The molecule has 0 heterocycles. The molecule has 2 rings (SSSR count). The Bertz CT molecular complexity index is 420. The molecule has 0 spiro atoms. The molecule has 1 aromatic carbocycles. The molecule has 1 saturated carbocycles. The third kappa shape index (κ3) is 4.62. The van der Waals surface area contributed by atoms with Crippen molar-refractivity contribution in [3.05, 3.63) is 24.3 Å². The van der Waals surface area contributed by atoms with Gasteiger partial charge in [-0.3, -0.25) is 10.8 Å². The second-order valence-corrected chi connectivity index (χ2v) is 5.07. The molecule has 0 atom stereocenters. The van der Waals surface area contributed by atoms with Gasteiger partial charge in [-0.15, -0.1) is 0 Å². The van der Waals surface area contributed by atoms with Gasteiger partial charge in [0.15, 0.2) is 0 Å². The summed E-state index contributed by atoms with van der Waals surface area (Å²) in [5.74, 6) is 1.79. The fourth-order valence-corrected chi connectivity index (χ4v) is 2.04. The van der Waals surface area contributed by atoms with Gasteiger partial charge in [-0.2, -0.15) is 0 Å². The largest absolute Gasteiger partial charge is 0.399 e. The van der Waals surface area contributed by atoms with Crippen LogP contribution in [0.2, 0.25) is 0 Å². The number of rotatable bonds is 2. The van der Waals surface area contributed by atoms with Crippen LogP contribution in [-0.2, 0) is 0 Å². The van der Waals surface area contributed by atoms with E-state index in [9.17, 15) is 0 Å². The Morgan fingerprint density at radius 1 is 1.32 bits per heavy atom. The average Bonchev–Trinajstić information content (AvgIpc) is 2.33. The average molecular weight is 261 g/mol. The lowest BCUT2D eigenvalue weighted by atomic mass is 9.75. The maximum atomic E-state index is 7.62. The molecule has 6 N–H and O–H groups in total. The zero-order valence-electron chi connectivity index (χ0n) is 11.6. The van der Waals surface area contributed by atoms with Gasteiger partial charge in [-0.25, -0.2) is 0 Å². The van der Waals surface area contributed by atoms with Crippen LogP contribution in [0.25, 0.3) is 0 Å². The van der Waals surface area contributed by atoms with E-state index < -0.39 is 0 Å². The van der Waals surface area contributed by atoms with Crippen LogP contribution in [0, 0.1) is 22.7 Å². The lowest BCUT2D eigenvalue weighted by molar-refractivity contribution is 0.269. The van der Waals surface area contributed by atoms with Gasteiger partial charge in [-0.05, 0) is 37.0 Å². The fourth-order valence-electron chi connectivity index (χ4n) is 2.04. The Labute approximate surface area is 114 Å². The smallest absolute Gasteiger partial charge is 0.104 e. The summed E-state index contributed by atoms with van der Waals surface area (Å²) in [5, 5.41) is 14.6. The van der Waals surface area contributed by atoms with Gasteiger partial charge < -0.3 is 16.4 Å². The van der Waals surface area contributed by atoms with Gasteiger partial charge in [0.25, 0.3) is 0 Å². The highest BCUT2D eigenvalue weighted by Gasteiger charge is 2.30. The van der Waals surface area contributed by atoms with Crippen molar-refractivity contribution in [1.29, 1.82) is 10.8 Å². The van der Waals surface area contributed by atoms with E-state index in [0.717, 1.165) is 18.8 Å². The normalized spacial score (nSPS) is 20.5. The van der Waals surface area contributed by atoms with E-state index in [-0.39, 0.29) is 0 Å². The number of nitrogen functional groups attached to an aromatic ring is 2. The highest BCUT2D eigenvalue weighted by Crippen LogP contribution is 2.33. The van der Waals surface area contributed by atoms with Gasteiger partial charge in [0, 0.05) is 24.3 Å². The Kier molecular flexibility index (Phi) is 5.36. The Hall–Kier alpha value is -2.04. The van der Waals surface area contributed by atoms with E-state index in [1.165, 1.54) is 6.34 Å². The van der Waals surface area contributed by atoms with E-state index in [2.05, 4.69) is 6.92 Å². The molecule has 5 nitrogen and oxygen atoms in total. The van der Waals surface area contributed by atoms with Gasteiger partial charge in [0.05, 0.1) is 6.34 Å². The minimum absolute atomic E-state index is 0.414. The summed E-state index contributed by atoms with van der Waals surface area (Å²) in [4.78, 5) is 1.58. The van der Waals surface area contributed by atoms with Crippen LogP contribution in [-0.4, -0.2) is 24.1 Å². The van der Waals surface area contributed by atoms with E-state index in [1.807, 2.05) is 6.07 Å². The van der Waals surface area contributed by atoms with Gasteiger partial charge in [-0.1, -0.05) is 13.0 Å². The fraction of sp³-hybridized carbons (Fsp3) is 0.429. The van der Waals surface area contributed by atoms with Crippen molar-refractivity contribution in [1.82, 2.24) is 4.90 Å². The van der Waals surface area contributed by atoms with Crippen LogP contribution in [0.3, 0.4) is 0 Å². The first kappa shape index (κ1) is 15.0. The summed E-state index contributed by atoms with van der Waals surface area (Å²) in [5.41, 5.74) is 12.2. The number of nitrogens with zero attached hydrogens (tertiary/aromatic N) is 1. The minimum atomic E-state index is 0.414. The number of nitrogens with two attached hydrogens (primary N) is 2. The van der Waals surface area contributed by atoms with E-state index in [0.29, 0.717) is 23.1 Å². The van der Waals surface area contributed by atoms with Crippen LogP contribution in [0.1, 0.15) is 19.8 Å². The summed E-state index contributed by atoms with van der Waals surface area (Å²) in [6.45, 7) is 2.20. The van der Waals surface area contributed by atoms with Gasteiger partial charge in [0.1, 0.15) is 5.84 Å². The second kappa shape index (κ2) is 6.78. The zero-order chi connectivity index (χ0) is 14.4. The Balaban J connectivity index is 0.000000200. The van der Waals surface area contributed by atoms with Crippen molar-refractivity contribution in [2.24, 2.45) is 11.8 Å². The standard InChI is InChI=1S/C8H15N3.C6H8N2/c1-6-3-7(4-6)8(10)11(2)5-9;7-5-2-1-3-6(8)4-5/h5-7,9-10H,3-4H2,1-2H3;1-4H,7-8H2. The van der Waals surface area contributed by atoms with Crippen molar-refractivity contribution < 1.29 is 0 Å². The van der Waals surface area contributed by atoms with Crippen molar-refractivity contribution in [3.8, 4) is 0 Å². The molecule has 0 bridgehead atoms. The molecule has 1 aromatic rings. The first-order chi connectivity index (χ1) is 8.93. The molecule has 0 saturated heterocycles. The van der Waals surface area contributed by atoms with E-state index in [1.54, 1.807) is 30.1 Å². The van der Waals surface area contributed by atoms with E-state index >= 15 is 0 Å². The topological polar surface area (TPSA) is 103 Å². The molecule has 1 aliphatic carbocycles. The molecule has 0 aliphatic heterocycles. The van der Waals surface area contributed by atoms with Crippen LogP contribution >= 0.6 is 0 Å². The molecule has 0 amide bonds. The monoisotopic (exact) mass is 261 g/mol. The van der Waals surface area contributed by atoms with Crippen LogP contribution in [0.4, 0.5) is 11.4 Å². The number of hydrogen-bond donors (Lipinski definition) is 4. The number of benzene rings is 1. The number of amidine groups is 1. The van der Waals surface area contributed by atoms with Crippen LogP contribution < -0.4 is 11.5 Å². The third-order valence-corrected chi connectivity index (χ3v) is 3.24. The Morgan fingerprint density at radius 3 is 2.16 bits per heavy atom. The molecule has 0 aromatic heterocycles. The lowest BCUT2D eigenvalue weighted by Crippen LogP contribution is -2.37. The minimum Gasteiger partial charge on any atom is -0.399 e. The van der Waals surface area contributed by atoms with Crippen molar-refractivity contribution in [2.75, 3.05) is 18.5 Å². The second-order valence-electron chi connectivity index (χ2n) is 5.07. The maximum Gasteiger partial charge on any atom is 0.104 e. The first-order valence-electron chi connectivity index (χ1n) is 6.37. The zero-order valence-corrected chi connectivity index (χ0v) is 11.6. The predicted molar refractivity (Wildman–Crippen MR) is 81.4 cm³/mol. The predicted octanol–water partition coefficient (Wildman–Crippen LogP) is 2.40. The molecular weight excluding hydrogens is 238 g/mol. The van der Waals surface area contributed by atoms with Crippen LogP contribution in [0.15, 0.2) is 24.3 Å². The van der Waals surface area contributed by atoms with Crippen molar-refractivity contribution in [2.45, 2.75) is 19.8 Å². The van der Waals surface area contributed by atoms with Gasteiger partial charge >= 0.3 is 0 Å². The van der Waals surface area contributed by atoms with Crippen LogP contribution in [0.5, 0.6) is 0 Å². The SMILES string of the molecule is CC1CC(C(=N)N(C)C=N)C1.Nc1cccc(N)c1. The van der Waals surface area contributed by atoms with Crippen molar-refractivity contribution in [3.63, 3.8) is 0 Å². The Morgan fingerprint density at radius 2 is 1.84 bits per heavy atom. The highest BCUT2D eigenvalue weighted by atomic mass is 15.1.